The molecule has 2 aromatic rings. The van der Waals surface area contributed by atoms with Crippen molar-refractivity contribution in [3.63, 3.8) is 0 Å². The number of nitrogens with zero attached hydrogens (tertiary/aromatic N) is 4. The molecular formula is C23H29N5O3. The van der Waals surface area contributed by atoms with E-state index in [2.05, 4.69) is 33.4 Å². The highest BCUT2D eigenvalue weighted by atomic mass is 16.3. The first kappa shape index (κ1) is 21.0. The SMILES string of the molecule is CN=C(NCc1cccc(CN2CCCC2=O)c1)N1CCN(C(=O)c2ccco2)CC1. The van der Waals surface area contributed by atoms with E-state index in [4.69, 9.17) is 4.42 Å². The molecule has 0 radical (unpaired) electrons. The van der Waals surface area contributed by atoms with Gasteiger partial charge in [-0.05, 0) is 29.7 Å². The van der Waals surface area contributed by atoms with E-state index in [1.165, 1.54) is 6.26 Å². The topological polar surface area (TPSA) is 81.4 Å². The number of piperazine rings is 1. The Morgan fingerprint density at radius 3 is 2.52 bits per heavy atom. The first-order valence-electron chi connectivity index (χ1n) is 10.8. The lowest BCUT2D eigenvalue weighted by Gasteiger charge is -2.36. The first-order valence-corrected chi connectivity index (χ1v) is 10.8. The molecule has 2 saturated heterocycles. The van der Waals surface area contributed by atoms with Crippen LogP contribution in [0.1, 0.15) is 34.5 Å². The number of rotatable bonds is 5. The van der Waals surface area contributed by atoms with Gasteiger partial charge in [0.25, 0.3) is 5.91 Å². The highest BCUT2D eigenvalue weighted by Crippen LogP contribution is 2.15. The van der Waals surface area contributed by atoms with Crippen LogP contribution in [0.4, 0.5) is 0 Å². The summed E-state index contributed by atoms with van der Waals surface area (Å²) in [7, 11) is 1.78. The molecule has 0 aliphatic carbocycles. The van der Waals surface area contributed by atoms with E-state index in [1.54, 1.807) is 19.2 Å². The lowest BCUT2D eigenvalue weighted by atomic mass is 10.1. The van der Waals surface area contributed by atoms with Gasteiger partial charge in [0.2, 0.25) is 5.91 Å². The Balaban J connectivity index is 1.29. The fraction of sp³-hybridized carbons (Fsp3) is 0.435. The second-order valence-electron chi connectivity index (χ2n) is 7.90. The van der Waals surface area contributed by atoms with Gasteiger partial charge < -0.3 is 24.4 Å². The average molecular weight is 424 g/mol. The molecule has 0 bridgehead atoms. The van der Waals surface area contributed by atoms with Crippen molar-refractivity contribution in [3.8, 4) is 0 Å². The monoisotopic (exact) mass is 423 g/mol. The molecule has 1 N–H and O–H groups in total. The number of benzene rings is 1. The number of guanidine groups is 1. The molecule has 8 heteroatoms. The van der Waals surface area contributed by atoms with Gasteiger partial charge in [0, 0.05) is 59.3 Å². The third-order valence-corrected chi connectivity index (χ3v) is 5.80. The summed E-state index contributed by atoms with van der Waals surface area (Å²) in [4.78, 5) is 34.6. The largest absolute Gasteiger partial charge is 0.459 e. The van der Waals surface area contributed by atoms with Crippen LogP contribution in [0.25, 0.3) is 0 Å². The van der Waals surface area contributed by atoms with Crippen molar-refractivity contribution in [2.75, 3.05) is 39.8 Å². The molecule has 3 heterocycles. The Bertz CT molecular complexity index is 932. The first-order chi connectivity index (χ1) is 15.1. The van der Waals surface area contributed by atoms with Gasteiger partial charge in [-0.1, -0.05) is 24.3 Å². The number of carbonyl (C=O) groups is 2. The van der Waals surface area contributed by atoms with Crippen LogP contribution in [0, 0.1) is 0 Å². The minimum absolute atomic E-state index is 0.0686. The molecule has 2 fully saturated rings. The molecule has 0 unspecified atom stereocenters. The van der Waals surface area contributed by atoms with Gasteiger partial charge in [0.1, 0.15) is 0 Å². The minimum Gasteiger partial charge on any atom is -0.459 e. The van der Waals surface area contributed by atoms with Gasteiger partial charge in [-0.25, -0.2) is 0 Å². The second-order valence-corrected chi connectivity index (χ2v) is 7.90. The number of hydrogen-bond acceptors (Lipinski definition) is 4. The molecular weight excluding hydrogens is 394 g/mol. The summed E-state index contributed by atoms with van der Waals surface area (Å²) < 4.78 is 5.23. The van der Waals surface area contributed by atoms with Crippen molar-refractivity contribution >= 4 is 17.8 Å². The second kappa shape index (κ2) is 9.68. The normalized spacial score (nSPS) is 17.4. The summed E-state index contributed by atoms with van der Waals surface area (Å²) >= 11 is 0. The van der Waals surface area contributed by atoms with Crippen LogP contribution in [-0.2, 0) is 17.9 Å². The van der Waals surface area contributed by atoms with Crippen LogP contribution in [0.15, 0.2) is 52.1 Å². The summed E-state index contributed by atoms with van der Waals surface area (Å²) in [5.74, 6) is 1.38. The molecule has 0 atom stereocenters. The van der Waals surface area contributed by atoms with E-state index in [-0.39, 0.29) is 11.8 Å². The Labute approximate surface area is 182 Å². The van der Waals surface area contributed by atoms with Crippen molar-refractivity contribution < 1.29 is 14.0 Å². The molecule has 4 rings (SSSR count). The van der Waals surface area contributed by atoms with Crippen molar-refractivity contribution in [1.29, 1.82) is 0 Å². The minimum atomic E-state index is -0.0686. The Morgan fingerprint density at radius 1 is 1.06 bits per heavy atom. The number of carbonyl (C=O) groups excluding carboxylic acids is 2. The van der Waals surface area contributed by atoms with Crippen molar-refractivity contribution in [1.82, 2.24) is 20.0 Å². The average Bonchev–Trinajstić information content (AvgIpc) is 3.47. The number of hydrogen-bond donors (Lipinski definition) is 1. The van der Waals surface area contributed by atoms with E-state index < -0.39 is 0 Å². The predicted molar refractivity (Wildman–Crippen MR) is 117 cm³/mol. The van der Waals surface area contributed by atoms with Gasteiger partial charge in [-0.2, -0.15) is 0 Å². The summed E-state index contributed by atoms with van der Waals surface area (Å²) in [6.07, 6.45) is 3.14. The zero-order valence-corrected chi connectivity index (χ0v) is 17.9. The predicted octanol–water partition coefficient (Wildman–Crippen LogP) is 1.94. The molecule has 2 amide bonds. The summed E-state index contributed by atoms with van der Waals surface area (Å²) in [5.41, 5.74) is 2.30. The van der Waals surface area contributed by atoms with Gasteiger partial charge in [0.05, 0.1) is 6.26 Å². The van der Waals surface area contributed by atoms with Crippen LogP contribution >= 0.6 is 0 Å². The van der Waals surface area contributed by atoms with Gasteiger partial charge >= 0.3 is 0 Å². The molecule has 2 aliphatic rings. The third kappa shape index (κ3) is 5.07. The van der Waals surface area contributed by atoms with E-state index in [9.17, 15) is 9.59 Å². The molecule has 0 spiro atoms. The highest BCUT2D eigenvalue weighted by molar-refractivity contribution is 5.91. The number of aliphatic imine (C=N–C) groups is 1. The summed E-state index contributed by atoms with van der Waals surface area (Å²) in [5, 5.41) is 3.43. The Morgan fingerprint density at radius 2 is 1.84 bits per heavy atom. The Hall–Kier alpha value is -3.29. The van der Waals surface area contributed by atoms with Crippen molar-refractivity contribution in [2.45, 2.75) is 25.9 Å². The molecule has 1 aromatic carbocycles. The lowest BCUT2D eigenvalue weighted by molar-refractivity contribution is -0.128. The van der Waals surface area contributed by atoms with Crippen LogP contribution < -0.4 is 5.32 Å². The molecule has 31 heavy (non-hydrogen) atoms. The maximum Gasteiger partial charge on any atom is 0.289 e. The fourth-order valence-corrected chi connectivity index (χ4v) is 4.12. The van der Waals surface area contributed by atoms with Crippen molar-refractivity contribution in [2.24, 2.45) is 4.99 Å². The number of furan rings is 1. The maximum atomic E-state index is 12.4. The summed E-state index contributed by atoms with van der Waals surface area (Å²) in [6.45, 7) is 4.85. The lowest BCUT2D eigenvalue weighted by Crippen LogP contribution is -2.53. The van der Waals surface area contributed by atoms with Gasteiger partial charge in [0.15, 0.2) is 11.7 Å². The van der Waals surface area contributed by atoms with E-state index in [0.29, 0.717) is 51.4 Å². The third-order valence-electron chi connectivity index (χ3n) is 5.80. The van der Waals surface area contributed by atoms with Crippen LogP contribution in [0.5, 0.6) is 0 Å². The van der Waals surface area contributed by atoms with Gasteiger partial charge in [-0.3, -0.25) is 14.6 Å². The standard InChI is InChI=1S/C23H29N5O3/c1-24-23(27-12-10-26(11-13-27)22(30)20-7-4-14-31-20)25-16-18-5-2-6-19(15-18)17-28-9-3-8-21(28)29/h2,4-7,14-15H,3,8-13,16-17H2,1H3,(H,24,25). The molecule has 2 aliphatic heterocycles. The molecule has 8 nitrogen and oxygen atoms in total. The molecule has 0 saturated carbocycles. The zero-order chi connectivity index (χ0) is 21.6. The Kier molecular flexibility index (Phi) is 6.54. The summed E-state index contributed by atoms with van der Waals surface area (Å²) in [6, 6.07) is 11.8. The fourth-order valence-electron chi connectivity index (χ4n) is 4.12. The quantitative estimate of drug-likeness (QED) is 0.587. The van der Waals surface area contributed by atoms with Crippen molar-refractivity contribution in [3.05, 3.63) is 59.5 Å². The maximum absolute atomic E-state index is 12.4. The molecule has 164 valence electrons. The number of amides is 2. The van der Waals surface area contributed by atoms with E-state index in [1.807, 2.05) is 15.9 Å². The van der Waals surface area contributed by atoms with E-state index in [0.717, 1.165) is 30.1 Å². The van der Waals surface area contributed by atoms with Crippen LogP contribution in [-0.4, -0.2) is 72.2 Å². The van der Waals surface area contributed by atoms with Crippen LogP contribution in [0.3, 0.4) is 0 Å². The number of likely N-dealkylation sites (tertiary alicyclic amines) is 1. The zero-order valence-electron chi connectivity index (χ0n) is 17.9. The smallest absolute Gasteiger partial charge is 0.289 e. The number of nitrogens with one attached hydrogen (secondary N) is 1. The van der Waals surface area contributed by atoms with Gasteiger partial charge in [-0.15, -0.1) is 0 Å². The molecule has 1 aromatic heterocycles. The highest BCUT2D eigenvalue weighted by Gasteiger charge is 2.25. The van der Waals surface area contributed by atoms with E-state index >= 15 is 0 Å². The van der Waals surface area contributed by atoms with Crippen LogP contribution in [0.2, 0.25) is 0 Å².